The lowest BCUT2D eigenvalue weighted by Gasteiger charge is -2.15. The van der Waals surface area contributed by atoms with Crippen LogP contribution in [0.15, 0.2) is 115 Å². The zero-order valence-electron chi connectivity index (χ0n) is 17.1. The largest absolute Gasteiger partial charge is 0.192 e. The van der Waals surface area contributed by atoms with Crippen LogP contribution >= 0.6 is 0 Å². The molecule has 5 aromatic rings. The van der Waals surface area contributed by atoms with Crippen molar-refractivity contribution in [2.75, 3.05) is 0 Å². The van der Waals surface area contributed by atoms with Crippen LogP contribution in [0.3, 0.4) is 0 Å². The van der Waals surface area contributed by atoms with E-state index in [1.165, 1.54) is 33.0 Å². The summed E-state index contributed by atoms with van der Waals surface area (Å²) in [7, 11) is 0. The fourth-order valence-electron chi connectivity index (χ4n) is 4.22. The third-order valence-electron chi connectivity index (χ3n) is 5.75. The normalized spacial score (nSPS) is 10.7. The molecule has 5 aromatic carbocycles. The van der Waals surface area contributed by atoms with Crippen molar-refractivity contribution in [2.45, 2.75) is 6.42 Å². The Morgan fingerprint density at radius 1 is 0.581 bits per heavy atom. The van der Waals surface area contributed by atoms with Crippen molar-refractivity contribution in [1.29, 1.82) is 5.26 Å². The number of hydrogen-bond acceptors (Lipinski definition) is 1. The molecule has 0 amide bonds. The molecule has 0 saturated heterocycles. The molecule has 1 nitrogen and oxygen atoms in total. The van der Waals surface area contributed by atoms with Crippen molar-refractivity contribution in [3.8, 4) is 28.3 Å². The number of hydrogen-bond donors (Lipinski definition) is 0. The Morgan fingerprint density at radius 3 is 2.13 bits per heavy atom. The van der Waals surface area contributed by atoms with Crippen LogP contribution in [-0.2, 0) is 6.42 Å². The molecular formula is C30H21N. The predicted molar refractivity (Wildman–Crippen MR) is 129 cm³/mol. The number of nitrogens with zero attached hydrogens (tertiary/aromatic N) is 1. The highest BCUT2D eigenvalue weighted by atomic mass is 14.2. The molecular weight excluding hydrogens is 374 g/mol. The number of fused-ring (bicyclic) bond motifs is 1. The van der Waals surface area contributed by atoms with Gasteiger partial charge in [-0.1, -0.05) is 103 Å². The summed E-state index contributed by atoms with van der Waals surface area (Å²) in [6.07, 6.45) is 0.896. The molecule has 0 atom stereocenters. The molecule has 0 aliphatic carbocycles. The van der Waals surface area contributed by atoms with E-state index in [0.29, 0.717) is 5.56 Å². The average molecular weight is 396 g/mol. The zero-order valence-corrected chi connectivity index (χ0v) is 17.1. The standard InChI is InChI=1S/C30H21N/c31-21-23-9-6-11-27(20-23)24-13-16-26(17-14-24)30-28(19-22-7-2-1-3-8-22)18-15-25-10-4-5-12-29(25)30/h1-18,20H,19H2. The van der Waals surface area contributed by atoms with Gasteiger partial charge in [0.05, 0.1) is 11.6 Å². The lowest BCUT2D eigenvalue weighted by atomic mass is 9.89. The molecule has 0 aromatic heterocycles. The Hall–Kier alpha value is -4.15. The summed E-state index contributed by atoms with van der Waals surface area (Å²) in [5, 5.41) is 11.7. The zero-order chi connectivity index (χ0) is 21.0. The molecule has 0 spiro atoms. The van der Waals surface area contributed by atoms with E-state index in [2.05, 4.69) is 103 Å². The van der Waals surface area contributed by atoms with E-state index in [1.54, 1.807) is 0 Å². The lowest BCUT2D eigenvalue weighted by Crippen LogP contribution is -1.94. The minimum absolute atomic E-state index is 0.681. The highest BCUT2D eigenvalue weighted by molar-refractivity contribution is 5.98. The van der Waals surface area contributed by atoms with Crippen LogP contribution in [-0.4, -0.2) is 0 Å². The van der Waals surface area contributed by atoms with Gasteiger partial charge in [0.15, 0.2) is 0 Å². The van der Waals surface area contributed by atoms with Gasteiger partial charge in [0, 0.05) is 0 Å². The van der Waals surface area contributed by atoms with Gasteiger partial charge in [-0.25, -0.2) is 0 Å². The average Bonchev–Trinajstić information content (AvgIpc) is 2.85. The van der Waals surface area contributed by atoms with Crippen molar-refractivity contribution >= 4 is 10.8 Å². The second-order valence-corrected chi connectivity index (χ2v) is 7.75. The van der Waals surface area contributed by atoms with Gasteiger partial charge in [-0.3, -0.25) is 0 Å². The minimum Gasteiger partial charge on any atom is -0.192 e. The summed E-state index contributed by atoms with van der Waals surface area (Å²) in [5.41, 5.74) is 8.00. The molecule has 1 heteroatoms. The van der Waals surface area contributed by atoms with Gasteiger partial charge in [0.1, 0.15) is 0 Å². The smallest absolute Gasteiger partial charge is 0.0991 e. The third-order valence-corrected chi connectivity index (χ3v) is 5.75. The molecule has 0 fully saturated rings. The summed E-state index contributed by atoms with van der Waals surface area (Å²) in [6.45, 7) is 0. The molecule has 5 rings (SSSR count). The van der Waals surface area contributed by atoms with Gasteiger partial charge in [-0.05, 0) is 62.7 Å². The van der Waals surface area contributed by atoms with Crippen LogP contribution in [0, 0.1) is 11.3 Å². The molecule has 146 valence electrons. The van der Waals surface area contributed by atoms with Crippen LogP contribution in [0.2, 0.25) is 0 Å². The van der Waals surface area contributed by atoms with Crippen molar-refractivity contribution < 1.29 is 0 Å². The van der Waals surface area contributed by atoms with Crippen LogP contribution < -0.4 is 0 Å². The monoisotopic (exact) mass is 395 g/mol. The molecule has 0 bridgehead atoms. The Morgan fingerprint density at radius 2 is 1.32 bits per heavy atom. The Bertz CT molecular complexity index is 1390. The highest BCUT2D eigenvalue weighted by Crippen LogP contribution is 2.35. The summed E-state index contributed by atoms with van der Waals surface area (Å²) < 4.78 is 0. The van der Waals surface area contributed by atoms with Crippen molar-refractivity contribution in [3.05, 3.63) is 132 Å². The summed E-state index contributed by atoms with van der Waals surface area (Å²) >= 11 is 0. The molecule has 0 heterocycles. The lowest BCUT2D eigenvalue weighted by molar-refractivity contribution is 1.20. The van der Waals surface area contributed by atoms with Crippen LogP contribution in [0.4, 0.5) is 0 Å². The second-order valence-electron chi connectivity index (χ2n) is 7.75. The molecule has 0 saturated carbocycles. The van der Waals surface area contributed by atoms with Crippen LogP contribution in [0.1, 0.15) is 16.7 Å². The summed E-state index contributed by atoms with van der Waals surface area (Å²) in [5.74, 6) is 0. The van der Waals surface area contributed by atoms with E-state index in [-0.39, 0.29) is 0 Å². The Labute approximate surface area is 182 Å². The quantitative estimate of drug-likeness (QED) is 0.307. The summed E-state index contributed by atoms with van der Waals surface area (Å²) in [4.78, 5) is 0. The van der Waals surface area contributed by atoms with Gasteiger partial charge >= 0.3 is 0 Å². The summed E-state index contributed by atoms with van der Waals surface area (Å²) in [6, 6.07) is 42.4. The van der Waals surface area contributed by atoms with E-state index in [9.17, 15) is 5.26 Å². The molecule has 0 aliphatic rings. The fraction of sp³-hybridized carbons (Fsp3) is 0.0333. The Kier molecular flexibility index (Phi) is 5.05. The fourth-order valence-corrected chi connectivity index (χ4v) is 4.22. The van der Waals surface area contributed by atoms with Crippen molar-refractivity contribution in [3.63, 3.8) is 0 Å². The van der Waals surface area contributed by atoms with E-state index >= 15 is 0 Å². The highest BCUT2D eigenvalue weighted by Gasteiger charge is 2.11. The van der Waals surface area contributed by atoms with Crippen molar-refractivity contribution in [1.82, 2.24) is 0 Å². The predicted octanol–water partition coefficient (Wildman–Crippen LogP) is 7.64. The third kappa shape index (κ3) is 3.84. The van der Waals surface area contributed by atoms with Gasteiger partial charge < -0.3 is 0 Å². The first-order valence-corrected chi connectivity index (χ1v) is 10.5. The minimum atomic E-state index is 0.681. The number of nitriles is 1. The molecule has 31 heavy (non-hydrogen) atoms. The number of rotatable bonds is 4. The molecule has 0 aliphatic heterocycles. The SMILES string of the molecule is N#Cc1cccc(-c2ccc(-c3c(Cc4ccccc4)ccc4ccccc34)cc2)c1. The molecule has 0 radical (unpaired) electrons. The first-order chi connectivity index (χ1) is 15.3. The van der Waals surface area contributed by atoms with Gasteiger partial charge in [-0.15, -0.1) is 0 Å². The van der Waals surface area contributed by atoms with E-state index in [4.69, 9.17) is 0 Å². The first-order valence-electron chi connectivity index (χ1n) is 10.5. The van der Waals surface area contributed by atoms with Crippen LogP contribution in [0.25, 0.3) is 33.0 Å². The van der Waals surface area contributed by atoms with Gasteiger partial charge in [0.25, 0.3) is 0 Å². The maximum atomic E-state index is 9.20. The first kappa shape index (κ1) is 18.9. The van der Waals surface area contributed by atoms with E-state index < -0.39 is 0 Å². The van der Waals surface area contributed by atoms with Gasteiger partial charge in [0.2, 0.25) is 0 Å². The maximum absolute atomic E-state index is 9.20. The van der Waals surface area contributed by atoms with Crippen molar-refractivity contribution in [2.24, 2.45) is 0 Å². The molecule has 0 N–H and O–H groups in total. The van der Waals surface area contributed by atoms with Gasteiger partial charge in [-0.2, -0.15) is 5.26 Å². The Balaban J connectivity index is 1.61. The maximum Gasteiger partial charge on any atom is 0.0991 e. The molecule has 0 unspecified atom stereocenters. The van der Waals surface area contributed by atoms with E-state index in [0.717, 1.165) is 17.5 Å². The topological polar surface area (TPSA) is 23.8 Å². The second kappa shape index (κ2) is 8.30. The van der Waals surface area contributed by atoms with E-state index in [1.807, 2.05) is 18.2 Å². The number of benzene rings is 5. The van der Waals surface area contributed by atoms with Crippen LogP contribution in [0.5, 0.6) is 0 Å².